The lowest BCUT2D eigenvalue weighted by atomic mass is 9.99. The van der Waals surface area contributed by atoms with Crippen LogP contribution in [-0.2, 0) is 4.79 Å². The average Bonchev–Trinajstić information content (AvgIpc) is 3.12. The molecule has 2 aromatic carbocycles. The van der Waals surface area contributed by atoms with E-state index in [1.165, 1.54) is 0 Å². The minimum Gasteiger partial charge on any atom is -0.478 e. The van der Waals surface area contributed by atoms with Gasteiger partial charge in [0.15, 0.2) is 5.76 Å². The van der Waals surface area contributed by atoms with Gasteiger partial charge < -0.3 is 15.2 Å². The molecule has 7 heteroatoms. The zero-order valence-electron chi connectivity index (χ0n) is 17.4. The molecule has 0 unspecified atom stereocenters. The highest BCUT2D eigenvalue weighted by molar-refractivity contribution is 7.15. The summed E-state index contributed by atoms with van der Waals surface area (Å²) in [6.07, 6.45) is 2.25. The van der Waals surface area contributed by atoms with Crippen LogP contribution < -0.4 is 10.1 Å². The van der Waals surface area contributed by atoms with E-state index in [2.05, 4.69) is 5.32 Å². The maximum absolute atomic E-state index is 12.9. The number of nitrogens with one attached hydrogen (secondary N) is 1. The molecule has 31 heavy (non-hydrogen) atoms. The number of carboxylic acid groups (broad SMARTS) is 1. The Bertz CT molecular complexity index is 1170. The molecule has 1 aromatic heterocycles. The first-order chi connectivity index (χ1) is 14.8. The zero-order chi connectivity index (χ0) is 22.5. The number of benzene rings is 2. The van der Waals surface area contributed by atoms with E-state index < -0.39 is 11.9 Å². The number of rotatable bonds is 7. The van der Waals surface area contributed by atoms with E-state index >= 15 is 0 Å². The van der Waals surface area contributed by atoms with Crippen LogP contribution in [0.4, 0.5) is 5.00 Å². The van der Waals surface area contributed by atoms with Crippen LogP contribution in [0, 0.1) is 13.8 Å². The lowest BCUT2D eigenvalue weighted by Crippen LogP contribution is -2.19. The summed E-state index contributed by atoms with van der Waals surface area (Å²) in [5, 5.41) is 15.1. The molecule has 3 aromatic rings. The van der Waals surface area contributed by atoms with Gasteiger partial charge in [-0.2, -0.15) is 0 Å². The maximum Gasteiger partial charge on any atom is 0.339 e. The van der Waals surface area contributed by atoms with Crippen LogP contribution in [0.15, 0.2) is 59.7 Å². The third kappa shape index (κ3) is 5.16. The number of halogens is 1. The molecule has 0 atom stereocenters. The highest BCUT2D eigenvalue weighted by Crippen LogP contribution is 2.38. The van der Waals surface area contributed by atoms with E-state index in [0.29, 0.717) is 22.8 Å². The fourth-order valence-corrected chi connectivity index (χ4v) is 4.28. The monoisotopic (exact) mass is 455 g/mol. The number of hydrogen-bond donors (Lipinski definition) is 2. The summed E-state index contributed by atoms with van der Waals surface area (Å²) >= 11 is 7.19. The van der Waals surface area contributed by atoms with Gasteiger partial charge in [0.1, 0.15) is 16.3 Å². The second-order valence-electron chi connectivity index (χ2n) is 6.92. The van der Waals surface area contributed by atoms with Crippen molar-refractivity contribution in [1.29, 1.82) is 0 Å². The number of aryl methyl sites for hydroxylation is 2. The van der Waals surface area contributed by atoms with E-state index in [-0.39, 0.29) is 16.3 Å². The molecule has 5 nitrogen and oxygen atoms in total. The summed E-state index contributed by atoms with van der Waals surface area (Å²) in [4.78, 5) is 25.0. The van der Waals surface area contributed by atoms with Crippen LogP contribution in [0.5, 0.6) is 5.75 Å². The SMILES string of the molecule is CCC=C(Oc1ccccc1C)C(=O)Nc1scc(-c2ccc(Cl)cc2C)c1C(=O)O. The topological polar surface area (TPSA) is 75.6 Å². The zero-order valence-corrected chi connectivity index (χ0v) is 18.9. The Morgan fingerprint density at radius 2 is 1.87 bits per heavy atom. The highest BCUT2D eigenvalue weighted by atomic mass is 35.5. The summed E-state index contributed by atoms with van der Waals surface area (Å²) in [7, 11) is 0. The van der Waals surface area contributed by atoms with Crippen molar-refractivity contribution in [2.24, 2.45) is 0 Å². The summed E-state index contributed by atoms with van der Waals surface area (Å²) in [5.74, 6) is -0.944. The molecule has 1 amide bonds. The van der Waals surface area contributed by atoms with Crippen molar-refractivity contribution < 1.29 is 19.4 Å². The number of thiophene rings is 1. The largest absolute Gasteiger partial charge is 0.478 e. The summed E-state index contributed by atoms with van der Waals surface area (Å²) < 4.78 is 5.84. The van der Waals surface area contributed by atoms with Gasteiger partial charge in [0.25, 0.3) is 5.91 Å². The number of amides is 1. The second kappa shape index (κ2) is 9.81. The molecule has 0 aliphatic rings. The first kappa shape index (κ1) is 22.6. The smallest absolute Gasteiger partial charge is 0.339 e. The third-order valence-corrected chi connectivity index (χ3v) is 5.77. The lowest BCUT2D eigenvalue weighted by Gasteiger charge is -2.12. The number of ether oxygens (including phenoxy) is 1. The van der Waals surface area contributed by atoms with E-state index in [0.717, 1.165) is 28.0 Å². The van der Waals surface area contributed by atoms with Crippen LogP contribution in [0.3, 0.4) is 0 Å². The van der Waals surface area contributed by atoms with Gasteiger partial charge in [0, 0.05) is 16.0 Å². The Kier molecular flexibility index (Phi) is 7.15. The molecular formula is C24H22ClNO4S. The van der Waals surface area contributed by atoms with Crippen molar-refractivity contribution in [3.8, 4) is 16.9 Å². The minimum atomic E-state index is -1.12. The minimum absolute atomic E-state index is 0.0375. The predicted octanol–water partition coefficient (Wildman–Crippen LogP) is 6.69. The molecule has 0 bridgehead atoms. The number of aromatic carboxylic acids is 1. The molecule has 160 valence electrons. The van der Waals surface area contributed by atoms with E-state index in [4.69, 9.17) is 16.3 Å². The Hall–Kier alpha value is -3.09. The summed E-state index contributed by atoms with van der Waals surface area (Å²) in [6, 6.07) is 12.6. The van der Waals surface area contributed by atoms with Gasteiger partial charge in [0.05, 0.1) is 0 Å². The molecule has 1 heterocycles. The van der Waals surface area contributed by atoms with E-state index in [1.807, 2.05) is 39.0 Å². The number of hydrogen-bond acceptors (Lipinski definition) is 4. The van der Waals surface area contributed by atoms with Crippen LogP contribution >= 0.6 is 22.9 Å². The van der Waals surface area contributed by atoms with Crippen LogP contribution in [0.1, 0.15) is 34.8 Å². The molecule has 0 saturated carbocycles. The number of para-hydroxylation sites is 1. The number of carbonyl (C=O) groups excluding carboxylic acids is 1. The Morgan fingerprint density at radius 3 is 2.52 bits per heavy atom. The van der Waals surface area contributed by atoms with Crippen LogP contribution in [-0.4, -0.2) is 17.0 Å². The van der Waals surface area contributed by atoms with Crippen molar-refractivity contribution in [2.45, 2.75) is 27.2 Å². The van der Waals surface area contributed by atoms with Crippen molar-refractivity contribution in [3.63, 3.8) is 0 Å². The first-order valence-electron chi connectivity index (χ1n) is 9.68. The molecule has 0 saturated heterocycles. The molecule has 0 fully saturated rings. The Morgan fingerprint density at radius 1 is 1.13 bits per heavy atom. The Balaban J connectivity index is 1.93. The fourth-order valence-electron chi connectivity index (χ4n) is 3.11. The standard InChI is InChI=1S/C24H22ClNO4S/c1-4-7-20(30-19-9-6-5-8-14(19)2)22(27)26-23-21(24(28)29)18(13-31-23)17-11-10-16(25)12-15(17)3/h5-13H,4H2,1-3H3,(H,26,27)(H,28,29). The van der Waals surface area contributed by atoms with Gasteiger partial charge in [-0.3, -0.25) is 4.79 Å². The molecule has 2 N–H and O–H groups in total. The highest BCUT2D eigenvalue weighted by Gasteiger charge is 2.23. The van der Waals surface area contributed by atoms with Crippen molar-refractivity contribution in [1.82, 2.24) is 0 Å². The van der Waals surface area contributed by atoms with E-state index in [9.17, 15) is 14.7 Å². The molecule has 0 aliphatic carbocycles. The predicted molar refractivity (Wildman–Crippen MR) is 125 cm³/mol. The van der Waals surface area contributed by atoms with Gasteiger partial charge >= 0.3 is 5.97 Å². The van der Waals surface area contributed by atoms with Gasteiger partial charge in [-0.05, 0) is 61.2 Å². The first-order valence-corrected chi connectivity index (χ1v) is 10.9. The average molecular weight is 456 g/mol. The quantitative estimate of drug-likeness (QED) is 0.307. The lowest BCUT2D eigenvalue weighted by molar-refractivity contribution is -0.114. The normalized spacial score (nSPS) is 11.3. The molecule has 0 aliphatic heterocycles. The maximum atomic E-state index is 12.9. The molecule has 0 radical (unpaired) electrons. The molecule has 3 rings (SSSR count). The number of carbonyl (C=O) groups is 2. The van der Waals surface area contributed by atoms with Crippen molar-refractivity contribution in [2.75, 3.05) is 5.32 Å². The molecular weight excluding hydrogens is 434 g/mol. The Labute approximate surface area is 189 Å². The van der Waals surface area contributed by atoms with E-state index in [1.54, 1.807) is 35.7 Å². The van der Waals surface area contributed by atoms with Crippen molar-refractivity contribution in [3.05, 3.63) is 81.4 Å². The van der Waals surface area contributed by atoms with Gasteiger partial charge in [-0.15, -0.1) is 11.3 Å². The number of allylic oxidation sites excluding steroid dienone is 1. The van der Waals surface area contributed by atoms with Gasteiger partial charge in [-0.25, -0.2) is 4.79 Å². The summed E-state index contributed by atoms with van der Waals surface area (Å²) in [5.41, 5.74) is 3.05. The van der Waals surface area contributed by atoms with Crippen molar-refractivity contribution >= 4 is 39.8 Å². The van der Waals surface area contributed by atoms with Gasteiger partial charge in [-0.1, -0.05) is 42.8 Å². The fraction of sp³-hybridized carbons (Fsp3) is 0.167. The molecule has 0 spiro atoms. The second-order valence-corrected chi connectivity index (χ2v) is 8.23. The van der Waals surface area contributed by atoms with Gasteiger partial charge in [0.2, 0.25) is 0 Å². The third-order valence-electron chi connectivity index (χ3n) is 4.64. The number of carboxylic acids is 1. The van der Waals surface area contributed by atoms with Crippen LogP contribution in [0.25, 0.3) is 11.1 Å². The number of anilines is 1. The summed E-state index contributed by atoms with van der Waals surface area (Å²) in [6.45, 7) is 5.64. The van der Waals surface area contributed by atoms with Crippen LogP contribution in [0.2, 0.25) is 5.02 Å².